The predicted octanol–water partition coefficient (Wildman–Crippen LogP) is 3.58. The molecule has 1 aliphatic heterocycles. The van der Waals surface area contributed by atoms with Crippen LogP contribution in [0.1, 0.15) is 50.5 Å². The lowest BCUT2D eigenvalue weighted by molar-refractivity contribution is -0.125. The highest BCUT2D eigenvalue weighted by molar-refractivity contribution is 9.10. The number of carbonyl (C=O) groups is 3. The minimum Gasteiger partial charge on any atom is -0.338 e. The first-order valence-corrected chi connectivity index (χ1v) is 9.65. The molecule has 0 spiro atoms. The number of hydrogen-bond donors (Lipinski definition) is 1. The van der Waals surface area contributed by atoms with Crippen LogP contribution in [-0.4, -0.2) is 42.4 Å². The average Bonchev–Trinajstić information content (AvgIpc) is 2.96. The van der Waals surface area contributed by atoms with E-state index in [9.17, 15) is 14.4 Å². The van der Waals surface area contributed by atoms with Gasteiger partial charge in [-0.3, -0.25) is 14.5 Å². The number of imide groups is 1. The molecule has 0 fully saturated rings. The van der Waals surface area contributed by atoms with Crippen molar-refractivity contribution in [2.75, 3.05) is 24.5 Å². The van der Waals surface area contributed by atoms with Crippen LogP contribution in [0.25, 0.3) is 0 Å². The van der Waals surface area contributed by atoms with E-state index in [0.29, 0.717) is 30.8 Å². The van der Waals surface area contributed by atoms with Crippen molar-refractivity contribution in [3.05, 3.63) is 27.7 Å². The second-order valence-electron chi connectivity index (χ2n) is 7.30. The second-order valence-corrected chi connectivity index (χ2v) is 8.22. The topological polar surface area (TPSA) is 69.7 Å². The lowest BCUT2D eigenvalue weighted by Crippen LogP contribution is -2.44. The molecule has 6 nitrogen and oxygen atoms in total. The number of benzene rings is 1. The molecule has 26 heavy (non-hydrogen) atoms. The maximum Gasteiger partial charge on any atom is 0.324 e. The van der Waals surface area contributed by atoms with Crippen LogP contribution in [0.15, 0.2) is 16.6 Å². The molecule has 0 unspecified atom stereocenters. The highest BCUT2D eigenvalue weighted by Gasteiger charge is 2.36. The minimum absolute atomic E-state index is 0.0336. The van der Waals surface area contributed by atoms with Crippen molar-refractivity contribution < 1.29 is 14.4 Å². The summed E-state index contributed by atoms with van der Waals surface area (Å²) in [5.74, 6) is -0.432. The van der Waals surface area contributed by atoms with E-state index in [-0.39, 0.29) is 12.5 Å². The molecule has 4 amide bonds. The number of rotatable bonds is 3. The van der Waals surface area contributed by atoms with Gasteiger partial charge >= 0.3 is 6.03 Å². The summed E-state index contributed by atoms with van der Waals surface area (Å²) in [6.07, 6.45) is 0.685. The Morgan fingerprint density at radius 3 is 2.42 bits per heavy atom. The lowest BCUT2D eigenvalue weighted by Gasteiger charge is -2.28. The SMILES string of the molecule is CCNC(=O)N(CC)C(=O)c1cc(Br)cc2c1N(C(=O)C(C)(C)C)CC2. The average molecular weight is 424 g/mol. The van der Waals surface area contributed by atoms with Crippen molar-refractivity contribution in [1.29, 1.82) is 0 Å². The quantitative estimate of drug-likeness (QED) is 0.807. The van der Waals surface area contributed by atoms with Crippen molar-refractivity contribution in [3.63, 3.8) is 0 Å². The van der Waals surface area contributed by atoms with E-state index in [2.05, 4.69) is 21.2 Å². The van der Waals surface area contributed by atoms with E-state index < -0.39 is 17.4 Å². The van der Waals surface area contributed by atoms with Crippen LogP contribution in [0.3, 0.4) is 0 Å². The predicted molar refractivity (Wildman–Crippen MR) is 105 cm³/mol. The fourth-order valence-electron chi connectivity index (χ4n) is 3.05. The van der Waals surface area contributed by atoms with Gasteiger partial charge in [0.05, 0.1) is 11.3 Å². The number of amides is 4. The normalized spacial score (nSPS) is 13.4. The molecule has 0 bridgehead atoms. The van der Waals surface area contributed by atoms with Gasteiger partial charge in [0.2, 0.25) is 5.91 Å². The first-order valence-electron chi connectivity index (χ1n) is 8.85. The summed E-state index contributed by atoms with van der Waals surface area (Å²) in [7, 11) is 0. The van der Waals surface area contributed by atoms with Gasteiger partial charge in [0.25, 0.3) is 5.91 Å². The molecule has 2 rings (SSSR count). The smallest absolute Gasteiger partial charge is 0.324 e. The van der Waals surface area contributed by atoms with Crippen molar-refractivity contribution in [2.45, 2.75) is 41.0 Å². The second kappa shape index (κ2) is 7.78. The highest BCUT2D eigenvalue weighted by Crippen LogP contribution is 2.37. The van der Waals surface area contributed by atoms with Crippen LogP contribution < -0.4 is 10.2 Å². The fraction of sp³-hybridized carbons (Fsp3) is 0.526. The Morgan fingerprint density at radius 1 is 1.23 bits per heavy atom. The van der Waals surface area contributed by atoms with E-state index in [1.54, 1.807) is 24.8 Å². The molecule has 0 radical (unpaired) electrons. The van der Waals surface area contributed by atoms with Crippen LogP contribution in [-0.2, 0) is 11.2 Å². The van der Waals surface area contributed by atoms with Gasteiger partial charge in [-0.1, -0.05) is 36.7 Å². The number of fused-ring (bicyclic) bond motifs is 1. The maximum atomic E-state index is 13.1. The Labute approximate surface area is 163 Å². The minimum atomic E-state index is -0.557. The Morgan fingerprint density at radius 2 is 1.88 bits per heavy atom. The zero-order valence-electron chi connectivity index (χ0n) is 16.0. The molecular formula is C19H26BrN3O3. The molecule has 1 aromatic carbocycles. The summed E-state index contributed by atoms with van der Waals surface area (Å²) in [6.45, 7) is 10.4. The van der Waals surface area contributed by atoms with Crippen LogP contribution in [0, 0.1) is 5.41 Å². The third kappa shape index (κ3) is 3.92. The Kier molecular flexibility index (Phi) is 6.11. The number of anilines is 1. The number of nitrogens with zero attached hydrogens (tertiary/aromatic N) is 2. The summed E-state index contributed by atoms with van der Waals surface area (Å²) < 4.78 is 0.761. The first kappa shape index (κ1) is 20.4. The zero-order chi connectivity index (χ0) is 19.6. The van der Waals surface area contributed by atoms with Crippen molar-refractivity contribution in [2.24, 2.45) is 5.41 Å². The van der Waals surface area contributed by atoms with E-state index in [4.69, 9.17) is 0 Å². The van der Waals surface area contributed by atoms with E-state index in [1.807, 2.05) is 26.8 Å². The number of nitrogens with one attached hydrogen (secondary N) is 1. The van der Waals surface area contributed by atoms with Gasteiger partial charge < -0.3 is 10.2 Å². The van der Waals surface area contributed by atoms with Gasteiger partial charge in [0.15, 0.2) is 0 Å². The van der Waals surface area contributed by atoms with Crippen molar-refractivity contribution >= 4 is 39.5 Å². The van der Waals surface area contributed by atoms with Crippen LogP contribution >= 0.6 is 15.9 Å². The van der Waals surface area contributed by atoms with Gasteiger partial charge in [-0.25, -0.2) is 4.79 Å². The van der Waals surface area contributed by atoms with Gasteiger partial charge in [0.1, 0.15) is 0 Å². The van der Waals surface area contributed by atoms with E-state index in [1.165, 1.54) is 4.90 Å². The molecule has 0 atom stereocenters. The largest absolute Gasteiger partial charge is 0.338 e. The zero-order valence-corrected chi connectivity index (χ0v) is 17.6. The molecule has 0 saturated carbocycles. The molecule has 0 aromatic heterocycles. The monoisotopic (exact) mass is 423 g/mol. The maximum absolute atomic E-state index is 13.1. The molecule has 1 aliphatic rings. The first-order chi connectivity index (χ1) is 12.1. The molecule has 1 N–H and O–H groups in total. The standard InChI is InChI=1S/C19H26BrN3O3/c1-6-21-18(26)22(7-2)16(24)14-11-13(20)10-12-8-9-23(15(12)14)17(25)19(3,4)5/h10-11H,6-9H2,1-5H3,(H,21,26). The van der Waals surface area contributed by atoms with Gasteiger partial charge in [-0.15, -0.1) is 0 Å². The third-order valence-corrected chi connectivity index (χ3v) is 4.74. The number of carbonyl (C=O) groups excluding carboxylic acids is 3. The van der Waals surface area contributed by atoms with Gasteiger partial charge in [0, 0.05) is 29.5 Å². The number of urea groups is 1. The fourth-order valence-corrected chi connectivity index (χ4v) is 3.56. The van der Waals surface area contributed by atoms with Crippen LogP contribution in [0.4, 0.5) is 10.5 Å². The summed E-state index contributed by atoms with van der Waals surface area (Å²) in [5, 5.41) is 2.66. The Bertz CT molecular complexity index is 740. The van der Waals surface area contributed by atoms with E-state index >= 15 is 0 Å². The summed E-state index contributed by atoms with van der Waals surface area (Å²) in [6, 6.07) is 3.20. The van der Waals surface area contributed by atoms with Crippen molar-refractivity contribution in [1.82, 2.24) is 10.2 Å². The lowest BCUT2D eigenvalue weighted by atomic mass is 9.94. The van der Waals surface area contributed by atoms with Crippen LogP contribution in [0.2, 0.25) is 0 Å². The molecule has 1 heterocycles. The molecule has 7 heteroatoms. The highest BCUT2D eigenvalue weighted by atomic mass is 79.9. The Hall–Kier alpha value is -1.89. The Balaban J connectivity index is 2.52. The summed E-state index contributed by atoms with van der Waals surface area (Å²) in [4.78, 5) is 41.1. The summed E-state index contributed by atoms with van der Waals surface area (Å²) in [5.41, 5.74) is 1.38. The molecule has 1 aromatic rings. The van der Waals surface area contributed by atoms with Gasteiger partial charge in [-0.2, -0.15) is 0 Å². The van der Waals surface area contributed by atoms with Gasteiger partial charge in [-0.05, 0) is 38.0 Å². The molecule has 142 valence electrons. The third-order valence-electron chi connectivity index (χ3n) is 4.28. The molecule has 0 saturated heterocycles. The molecular weight excluding hydrogens is 398 g/mol. The number of hydrogen-bond acceptors (Lipinski definition) is 3. The number of halogens is 1. The summed E-state index contributed by atoms with van der Waals surface area (Å²) >= 11 is 3.44. The van der Waals surface area contributed by atoms with Crippen LogP contribution in [0.5, 0.6) is 0 Å². The van der Waals surface area contributed by atoms with E-state index in [0.717, 1.165) is 10.0 Å². The molecule has 0 aliphatic carbocycles. The van der Waals surface area contributed by atoms with Crippen molar-refractivity contribution in [3.8, 4) is 0 Å².